The monoisotopic (exact) mass is 505 g/mol. The molecule has 1 amide bonds. The Kier molecular flexibility index (Phi) is 7.77. The standard InChI is InChI=1S/C27H35N7O3/c1-4-37-24(35)17-31-27(2,26(36)34-13-5-6-14-34)19-9-12-22-21(15-19)32-23(33(22)3)16-30-20-10-7-18(8-11-20)25(28)29/h7-12,15,30-31H,4-6,13-14,16-17H2,1-3H3,(H3,28,29)/t27-/m1/s1. The highest BCUT2D eigenvalue weighted by molar-refractivity contribution is 5.95. The van der Waals surface area contributed by atoms with Crippen molar-refractivity contribution >= 4 is 34.4 Å². The van der Waals surface area contributed by atoms with Crippen LogP contribution in [0.5, 0.6) is 0 Å². The number of rotatable bonds is 10. The van der Waals surface area contributed by atoms with Crippen molar-refractivity contribution in [3.8, 4) is 0 Å². The molecule has 3 aromatic rings. The summed E-state index contributed by atoms with van der Waals surface area (Å²) in [6, 6.07) is 13.2. The van der Waals surface area contributed by atoms with Crippen LogP contribution in [0.25, 0.3) is 11.0 Å². The molecule has 196 valence electrons. The van der Waals surface area contributed by atoms with Crippen molar-refractivity contribution in [2.45, 2.75) is 38.8 Å². The molecule has 1 fully saturated rings. The largest absolute Gasteiger partial charge is 0.465 e. The Labute approximate surface area is 216 Å². The van der Waals surface area contributed by atoms with Crippen LogP contribution in [-0.2, 0) is 33.5 Å². The van der Waals surface area contributed by atoms with Gasteiger partial charge in [0.1, 0.15) is 17.2 Å². The number of imidazole rings is 1. The van der Waals surface area contributed by atoms with Gasteiger partial charge in [-0.1, -0.05) is 6.07 Å². The van der Waals surface area contributed by atoms with E-state index >= 15 is 0 Å². The molecule has 2 aromatic carbocycles. The minimum atomic E-state index is -1.10. The fourth-order valence-electron chi connectivity index (χ4n) is 4.67. The first kappa shape index (κ1) is 26.2. The number of hydrogen-bond donors (Lipinski definition) is 4. The Morgan fingerprint density at radius 2 is 1.86 bits per heavy atom. The van der Waals surface area contributed by atoms with Gasteiger partial charge in [0.25, 0.3) is 0 Å². The van der Waals surface area contributed by atoms with Crippen LogP contribution in [0.15, 0.2) is 42.5 Å². The normalized spacial score (nSPS) is 14.9. The van der Waals surface area contributed by atoms with Gasteiger partial charge < -0.3 is 25.3 Å². The summed E-state index contributed by atoms with van der Waals surface area (Å²) in [7, 11) is 1.96. The molecule has 10 nitrogen and oxygen atoms in total. The van der Waals surface area contributed by atoms with Crippen molar-refractivity contribution in [3.63, 3.8) is 0 Å². The van der Waals surface area contributed by atoms with E-state index in [0.29, 0.717) is 25.2 Å². The van der Waals surface area contributed by atoms with E-state index < -0.39 is 11.5 Å². The van der Waals surface area contributed by atoms with Crippen LogP contribution in [0.3, 0.4) is 0 Å². The minimum Gasteiger partial charge on any atom is -0.465 e. The number of likely N-dealkylation sites (tertiary alicyclic amines) is 1. The quantitative estimate of drug-likeness (QED) is 0.189. The smallest absolute Gasteiger partial charge is 0.319 e. The highest BCUT2D eigenvalue weighted by Crippen LogP contribution is 2.29. The predicted octanol–water partition coefficient (Wildman–Crippen LogP) is 2.46. The summed E-state index contributed by atoms with van der Waals surface area (Å²) >= 11 is 0. The van der Waals surface area contributed by atoms with Crippen molar-refractivity contribution in [1.82, 2.24) is 19.8 Å². The van der Waals surface area contributed by atoms with Crippen LogP contribution in [0.2, 0.25) is 0 Å². The number of benzene rings is 2. The maximum Gasteiger partial charge on any atom is 0.319 e. The Morgan fingerprint density at radius 3 is 2.51 bits per heavy atom. The van der Waals surface area contributed by atoms with Crippen LogP contribution in [0.1, 0.15) is 43.6 Å². The molecule has 0 bridgehead atoms. The van der Waals surface area contributed by atoms with Gasteiger partial charge in [0, 0.05) is 31.4 Å². The number of carbonyl (C=O) groups is 2. The summed E-state index contributed by atoms with van der Waals surface area (Å²) in [6.45, 7) is 5.72. The van der Waals surface area contributed by atoms with Crippen LogP contribution < -0.4 is 16.4 Å². The van der Waals surface area contributed by atoms with Crippen LogP contribution in [0, 0.1) is 5.41 Å². The molecule has 2 heterocycles. The third-order valence-corrected chi connectivity index (χ3v) is 6.91. The first-order valence-electron chi connectivity index (χ1n) is 12.6. The van der Waals surface area contributed by atoms with Gasteiger partial charge in [-0.3, -0.25) is 20.3 Å². The summed E-state index contributed by atoms with van der Waals surface area (Å²) in [5.41, 5.74) is 8.45. The van der Waals surface area contributed by atoms with E-state index in [1.807, 2.05) is 53.8 Å². The number of nitrogens with zero attached hydrogens (tertiary/aromatic N) is 3. The van der Waals surface area contributed by atoms with Gasteiger partial charge in [-0.2, -0.15) is 0 Å². The lowest BCUT2D eigenvalue weighted by Gasteiger charge is -2.33. The summed E-state index contributed by atoms with van der Waals surface area (Å²) < 4.78 is 7.10. The second-order valence-electron chi connectivity index (χ2n) is 9.42. The van der Waals surface area contributed by atoms with Crippen LogP contribution in [-0.4, -0.2) is 58.4 Å². The third kappa shape index (κ3) is 5.59. The number of nitrogens with one attached hydrogen (secondary N) is 3. The fraction of sp³-hybridized carbons (Fsp3) is 0.407. The second kappa shape index (κ2) is 11.0. The second-order valence-corrected chi connectivity index (χ2v) is 9.42. The van der Waals surface area contributed by atoms with Crippen molar-refractivity contribution < 1.29 is 14.3 Å². The van der Waals surface area contributed by atoms with Crippen molar-refractivity contribution in [1.29, 1.82) is 5.41 Å². The van der Waals surface area contributed by atoms with Gasteiger partial charge in [-0.15, -0.1) is 0 Å². The SMILES string of the molecule is CCOC(=O)CN[C@@](C)(C(=O)N1CCCC1)c1ccc2c(c1)nc(CNc1ccc(C(=N)N)cc1)n2C. The zero-order valence-electron chi connectivity index (χ0n) is 21.6. The Balaban J connectivity index is 1.59. The lowest BCUT2D eigenvalue weighted by Crippen LogP contribution is -2.54. The number of esters is 1. The number of amidine groups is 1. The Morgan fingerprint density at radius 1 is 1.16 bits per heavy atom. The molecule has 4 rings (SSSR count). The lowest BCUT2D eigenvalue weighted by atomic mass is 9.89. The molecular weight excluding hydrogens is 470 g/mol. The molecule has 0 unspecified atom stereocenters. The van der Waals surface area contributed by atoms with Crippen molar-refractivity contribution in [2.75, 3.05) is 31.6 Å². The van der Waals surface area contributed by atoms with Gasteiger partial charge in [-0.05, 0) is 68.7 Å². The Hall–Kier alpha value is -3.92. The van der Waals surface area contributed by atoms with E-state index in [4.69, 9.17) is 20.9 Å². The minimum absolute atomic E-state index is 0.0321. The average Bonchev–Trinajstić information content (AvgIpc) is 3.54. The number of amides is 1. The topological polar surface area (TPSA) is 138 Å². The average molecular weight is 506 g/mol. The number of nitrogens with two attached hydrogens (primary N) is 1. The molecule has 0 aliphatic carbocycles. The highest BCUT2D eigenvalue weighted by atomic mass is 16.5. The zero-order chi connectivity index (χ0) is 26.6. The molecule has 1 aliphatic rings. The highest BCUT2D eigenvalue weighted by Gasteiger charge is 2.39. The first-order chi connectivity index (χ1) is 17.7. The number of aromatic nitrogens is 2. The van der Waals surface area contributed by atoms with Crippen LogP contribution >= 0.6 is 0 Å². The molecule has 1 saturated heterocycles. The van der Waals surface area contributed by atoms with E-state index in [1.54, 1.807) is 19.1 Å². The molecule has 1 aromatic heterocycles. The van der Waals surface area contributed by atoms with Crippen LogP contribution in [0.4, 0.5) is 5.69 Å². The number of ether oxygens (including phenoxy) is 1. The number of hydrogen-bond acceptors (Lipinski definition) is 7. The fourth-order valence-corrected chi connectivity index (χ4v) is 4.67. The van der Waals surface area contributed by atoms with Gasteiger partial charge in [0.15, 0.2) is 0 Å². The van der Waals surface area contributed by atoms with E-state index in [9.17, 15) is 9.59 Å². The molecule has 1 atom stereocenters. The van der Waals surface area contributed by atoms with E-state index in [1.165, 1.54) is 0 Å². The number of carbonyl (C=O) groups excluding carboxylic acids is 2. The molecule has 10 heteroatoms. The first-order valence-corrected chi connectivity index (χ1v) is 12.6. The molecule has 0 radical (unpaired) electrons. The summed E-state index contributed by atoms with van der Waals surface area (Å²) in [6.07, 6.45) is 1.96. The molecule has 1 aliphatic heterocycles. The number of anilines is 1. The third-order valence-electron chi connectivity index (χ3n) is 6.91. The number of fused-ring (bicyclic) bond motifs is 1. The van der Waals surface area contributed by atoms with Crippen molar-refractivity contribution in [3.05, 3.63) is 59.4 Å². The van der Waals surface area contributed by atoms with Gasteiger partial charge >= 0.3 is 5.97 Å². The summed E-state index contributed by atoms with van der Waals surface area (Å²) in [4.78, 5) is 32.4. The summed E-state index contributed by atoms with van der Waals surface area (Å²) in [5, 5.41) is 14.1. The molecular formula is C27H35N7O3. The predicted molar refractivity (Wildman–Crippen MR) is 143 cm³/mol. The number of aryl methyl sites for hydroxylation is 1. The zero-order valence-corrected chi connectivity index (χ0v) is 21.6. The summed E-state index contributed by atoms with van der Waals surface area (Å²) in [5.74, 6) is 0.409. The molecule has 5 N–H and O–H groups in total. The molecule has 0 saturated carbocycles. The maximum absolute atomic E-state index is 13.6. The van der Waals surface area contributed by atoms with Gasteiger partial charge in [0.05, 0.1) is 30.7 Å². The molecule has 37 heavy (non-hydrogen) atoms. The van der Waals surface area contributed by atoms with E-state index in [-0.39, 0.29) is 24.9 Å². The maximum atomic E-state index is 13.6. The van der Waals surface area contributed by atoms with Gasteiger partial charge in [-0.25, -0.2) is 4.98 Å². The van der Waals surface area contributed by atoms with E-state index in [0.717, 1.165) is 41.0 Å². The molecule has 0 spiro atoms. The van der Waals surface area contributed by atoms with Crippen molar-refractivity contribution in [2.24, 2.45) is 12.8 Å². The van der Waals surface area contributed by atoms with E-state index in [2.05, 4.69) is 10.6 Å². The Bertz CT molecular complexity index is 1300. The lowest BCUT2D eigenvalue weighted by molar-refractivity contribution is -0.143. The number of nitrogen functional groups attached to an aromatic ring is 1. The van der Waals surface area contributed by atoms with Gasteiger partial charge in [0.2, 0.25) is 5.91 Å².